The summed E-state index contributed by atoms with van der Waals surface area (Å²) in [6, 6.07) is 0. The molecule has 0 aromatic heterocycles. The molecular formula is C15H30OSi. The third kappa shape index (κ3) is 9.38. The van der Waals surface area contributed by atoms with Crippen molar-refractivity contribution in [2.75, 3.05) is 0 Å². The first kappa shape index (κ1) is 16.7. The Labute approximate surface area is 109 Å². The van der Waals surface area contributed by atoms with E-state index < -0.39 is 8.07 Å². The van der Waals surface area contributed by atoms with Crippen molar-refractivity contribution in [3.63, 3.8) is 0 Å². The van der Waals surface area contributed by atoms with Gasteiger partial charge in [-0.2, -0.15) is 0 Å². The van der Waals surface area contributed by atoms with Crippen LogP contribution in [0.25, 0.3) is 0 Å². The zero-order chi connectivity index (χ0) is 13.3. The smallest absolute Gasteiger partial charge is 0.119 e. The van der Waals surface area contributed by atoms with Gasteiger partial charge >= 0.3 is 0 Å². The van der Waals surface area contributed by atoms with Gasteiger partial charge in [0.05, 0.1) is 8.07 Å². The van der Waals surface area contributed by atoms with E-state index in [1.165, 1.54) is 38.5 Å². The minimum absolute atomic E-state index is 0.839. The fourth-order valence-electron chi connectivity index (χ4n) is 1.96. The molecule has 0 saturated carbocycles. The van der Waals surface area contributed by atoms with E-state index >= 15 is 0 Å². The predicted octanol–water partition coefficient (Wildman–Crippen LogP) is 5.01. The van der Waals surface area contributed by atoms with E-state index in [0.717, 1.165) is 17.5 Å². The second-order valence-corrected chi connectivity index (χ2v) is 11.6. The first-order chi connectivity index (χ1) is 7.88. The van der Waals surface area contributed by atoms with Crippen LogP contribution in [0, 0.1) is 5.92 Å². The van der Waals surface area contributed by atoms with E-state index in [1.54, 1.807) is 0 Å². The molecule has 0 aliphatic heterocycles. The molecule has 0 bridgehead atoms. The van der Waals surface area contributed by atoms with Crippen LogP contribution in [0.15, 0.2) is 5.20 Å². The van der Waals surface area contributed by atoms with Gasteiger partial charge in [0, 0.05) is 0 Å². The lowest BCUT2D eigenvalue weighted by atomic mass is 10.0. The van der Waals surface area contributed by atoms with Crippen molar-refractivity contribution in [2.24, 2.45) is 5.92 Å². The van der Waals surface area contributed by atoms with Gasteiger partial charge in [0.15, 0.2) is 0 Å². The monoisotopic (exact) mass is 254 g/mol. The van der Waals surface area contributed by atoms with E-state index in [4.69, 9.17) is 0 Å². The maximum Gasteiger partial charge on any atom is 0.119 e. The van der Waals surface area contributed by atoms with Crippen LogP contribution in [0.4, 0.5) is 0 Å². The highest BCUT2D eigenvalue weighted by Gasteiger charge is 2.19. The van der Waals surface area contributed by atoms with Crippen molar-refractivity contribution < 1.29 is 4.79 Å². The molecule has 0 radical (unpaired) electrons. The predicted molar refractivity (Wildman–Crippen MR) is 79.7 cm³/mol. The Kier molecular flexibility index (Phi) is 8.54. The molecule has 17 heavy (non-hydrogen) atoms. The van der Waals surface area contributed by atoms with E-state index in [1.807, 2.05) is 0 Å². The maximum atomic E-state index is 10.9. The van der Waals surface area contributed by atoms with E-state index in [2.05, 4.69) is 39.4 Å². The molecule has 0 heterocycles. The fraction of sp³-hybridized carbons (Fsp3) is 0.867. The van der Waals surface area contributed by atoms with E-state index in [9.17, 15) is 4.79 Å². The Morgan fingerprint density at radius 2 is 1.53 bits per heavy atom. The van der Waals surface area contributed by atoms with Crippen LogP contribution in [0.1, 0.15) is 58.8 Å². The lowest BCUT2D eigenvalue weighted by Crippen LogP contribution is -2.24. The first-order valence-electron chi connectivity index (χ1n) is 7.12. The lowest BCUT2D eigenvalue weighted by molar-refractivity contribution is 0.515. The van der Waals surface area contributed by atoms with Crippen LogP contribution < -0.4 is 0 Å². The lowest BCUT2D eigenvalue weighted by Gasteiger charge is -2.16. The molecule has 0 aliphatic rings. The summed E-state index contributed by atoms with van der Waals surface area (Å²) in [4.78, 5) is 10.9. The molecule has 0 unspecified atom stereocenters. The molecule has 2 heteroatoms. The summed E-state index contributed by atoms with van der Waals surface area (Å²) in [5.74, 6) is 3.03. The average Bonchev–Trinajstić information content (AvgIpc) is 2.19. The van der Waals surface area contributed by atoms with E-state index in [-0.39, 0.29) is 0 Å². The summed E-state index contributed by atoms with van der Waals surface area (Å²) >= 11 is 0. The van der Waals surface area contributed by atoms with Crippen LogP contribution in [0.5, 0.6) is 0 Å². The summed E-state index contributed by atoms with van der Waals surface area (Å²) in [6.45, 7) is 11.3. The third-order valence-electron chi connectivity index (χ3n) is 3.24. The quantitative estimate of drug-likeness (QED) is 0.321. The fourth-order valence-corrected chi connectivity index (χ4v) is 3.20. The van der Waals surface area contributed by atoms with Gasteiger partial charge in [0.1, 0.15) is 5.94 Å². The Hall–Kier alpha value is -0.333. The minimum atomic E-state index is -1.38. The van der Waals surface area contributed by atoms with Gasteiger partial charge in [-0.15, -0.1) is 0 Å². The maximum absolute atomic E-state index is 10.9. The molecule has 0 spiro atoms. The molecule has 0 atom stereocenters. The molecule has 100 valence electrons. The van der Waals surface area contributed by atoms with Crippen LogP contribution in [0.2, 0.25) is 19.6 Å². The highest BCUT2D eigenvalue weighted by molar-refractivity contribution is 6.84. The van der Waals surface area contributed by atoms with Gasteiger partial charge in [0.25, 0.3) is 0 Å². The van der Waals surface area contributed by atoms with Crippen molar-refractivity contribution in [1.82, 2.24) is 0 Å². The molecular weight excluding hydrogens is 224 g/mol. The van der Waals surface area contributed by atoms with Crippen molar-refractivity contribution in [3.05, 3.63) is 5.20 Å². The molecule has 0 fully saturated rings. The standard InChI is InChI=1S/C15H30OSi/c1-14(2)11-9-7-6-8-10-12-15(13-16)17(3,4)5/h14H,6-12H2,1-5H3. The molecule has 0 aliphatic carbocycles. The van der Waals surface area contributed by atoms with E-state index in [0.29, 0.717) is 0 Å². The van der Waals surface area contributed by atoms with Crippen molar-refractivity contribution in [3.8, 4) is 0 Å². The average molecular weight is 254 g/mol. The summed E-state index contributed by atoms with van der Waals surface area (Å²) in [7, 11) is -1.38. The third-order valence-corrected chi connectivity index (χ3v) is 5.40. The van der Waals surface area contributed by atoms with Gasteiger partial charge in [-0.25, -0.2) is 4.79 Å². The number of unbranched alkanes of at least 4 members (excludes halogenated alkanes) is 4. The molecule has 0 amide bonds. The molecule has 0 saturated heterocycles. The minimum Gasteiger partial charge on any atom is -0.234 e. The SMILES string of the molecule is CC(C)CCCCCCCC(=C=O)[Si](C)(C)C. The normalized spacial score (nSPS) is 11.6. The molecule has 0 aromatic rings. The second kappa shape index (κ2) is 8.71. The summed E-state index contributed by atoms with van der Waals surface area (Å²) in [6.07, 6.45) is 8.83. The Balaban J connectivity index is 3.55. The number of rotatable bonds is 9. The van der Waals surface area contributed by atoms with Crippen LogP contribution in [0.3, 0.4) is 0 Å². The highest BCUT2D eigenvalue weighted by Crippen LogP contribution is 2.19. The van der Waals surface area contributed by atoms with Gasteiger partial charge in [-0.1, -0.05) is 65.6 Å². The number of carbonyl (C=O) groups excluding carboxylic acids is 1. The highest BCUT2D eigenvalue weighted by atomic mass is 28.3. The molecule has 0 aromatic carbocycles. The number of hydrogen-bond acceptors (Lipinski definition) is 1. The summed E-state index contributed by atoms with van der Waals surface area (Å²) < 4.78 is 0. The number of allylic oxidation sites excluding steroid dienone is 1. The Morgan fingerprint density at radius 3 is 2.00 bits per heavy atom. The van der Waals surface area contributed by atoms with Gasteiger partial charge in [-0.05, 0) is 24.0 Å². The largest absolute Gasteiger partial charge is 0.234 e. The van der Waals surface area contributed by atoms with Crippen molar-refractivity contribution >= 4 is 14.0 Å². The van der Waals surface area contributed by atoms with Gasteiger partial charge in [-0.3, -0.25) is 0 Å². The topological polar surface area (TPSA) is 17.1 Å². The van der Waals surface area contributed by atoms with Gasteiger partial charge in [0.2, 0.25) is 0 Å². The number of hydrogen-bond donors (Lipinski definition) is 0. The van der Waals surface area contributed by atoms with Crippen molar-refractivity contribution in [2.45, 2.75) is 78.4 Å². The zero-order valence-corrected chi connectivity index (χ0v) is 13.4. The van der Waals surface area contributed by atoms with Crippen LogP contribution in [-0.4, -0.2) is 14.0 Å². The molecule has 1 nitrogen and oxygen atoms in total. The zero-order valence-electron chi connectivity index (χ0n) is 12.4. The second-order valence-electron chi connectivity index (χ2n) is 6.53. The first-order valence-corrected chi connectivity index (χ1v) is 10.6. The Morgan fingerprint density at radius 1 is 1.00 bits per heavy atom. The van der Waals surface area contributed by atoms with Gasteiger partial charge < -0.3 is 0 Å². The summed E-state index contributed by atoms with van der Waals surface area (Å²) in [5.41, 5.74) is 0. The van der Waals surface area contributed by atoms with Crippen LogP contribution >= 0.6 is 0 Å². The molecule has 0 N–H and O–H groups in total. The van der Waals surface area contributed by atoms with Crippen molar-refractivity contribution in [1.29, 1.82) is 0 Å². The Bertz CT molecular complexity index is 244. The summed E-state index contributed by atoms with van der Waals surface area (Å²) in [5, 5.41) is 1.08. The molecule has 0 rings (SSSR count). The van der Waals surface area contributed by atoms with Crippen LogP contribution in [-0.2, 0) is 4.79 Å².